The molecular formula is C24H29N5O2. The minimum atomic E-state index is -0.169. The van der Waals surface area contributed by atoms with Gasteiger partial charge >= 0.3 is 0 Å². The normalized spacial score (nSPS) is 10.5. The molecule has 31 heavy (non-hydrogen) atoms. The Morgan fingerprint density at radius 1 is 1.06 bits per heavy atom. The van der Waals surface area contributed by atoms with E-state index in [4.69, 9.17) is 9.72 Å². The standard InChI is InChI=1S/C24H29N5O2/c1-29(2)20-9-6-7-18(17-20)22-11-10-21(23(28-22)26-15-16-31-3)24(30)27-14-12-19-8-4-5-13-25-19/h4-11,13,17H,12,14-16H2,1-3H3,(H,26,28)(H,27,30). The van der Waals surface area contributed by atoms with Crippen LogP contribution in [0.1, 0.15) is 16.1 Å². The van der Waals surface area contributed by atoms with Crippen LogP contribution in [-0.4, -0.2) is 56.8 Å². The van der Waals surface area contributed by atoms with Gasteiger partial charge in [0.25, 0.3) is 5.91 Å². The minimum absolute atomic E-state index is 0.169. The lowest BCUT2D eigenvalue weighted by Gasteiger charge is -2.15. The van der Waals surface area contributed by atoms with Crippen molar-refractivity contribution in [1.82, 2.24) is 15.3 Å². The number of carbonyl (C=O) groups is 1. The van der Waals surface area contributed by atoms with Gasteiger partial charge in [-0.2, -0.15) is 0 Å². The molecule has 0 aliphatic rings. The van der Waals surface area contributed by atoms with Crippen molar-refractivity contribution in [3.05, 3.63) is 72.1 Å². The molecule has 2 aromatic heterocycles. The van der Waals surface area contributed by atoms with Gasteiger partial charge in [-0.3, -0.25) is 9.78 Å². The highest BCUT2D eigenvalue weighted by atomic mass is 16.5. The Kier molecular flexibility index (Phi) is 7.95. The summed E-state index contributed by atoms with van der Waals surface area (Å²) in [5.74, 6) is 0.372. The topological polar surface area (TPSA) is 79.4 Å². The third-order valence-corrected chi connectivity index (χ3v) is 4.79. The van der Waals surface area contributed by atoms with E-state index in [1.54, 1.807) is 13.3 Å². The fourth-order valence-corrected chi connectivity index (χ4v) is 3.10. The van der Waals surface area contributed by atoms with E-state index in [1.165, 1.54) is 0 Å². The molecule has 1 aromatic carbocycles. The lowest BCUT2D eigenvalue weighted by Crippen LogP contribution is -2.27. The summed E-state index contributed by atoms with van der Waals surface area (Å²) in [6.45, 7) is 1.57. The Morgan fingerprint density at radius 2 is 1.94 bits per heavy atom. The van der Waals surface area contributed by atoms with E-state index < -0.39 is 0 Å². The first-order valence-corrected chi connectivity index (χ1v) is 10.3. The summed E-state index contributed by atoms with van der Waals surface area (Å²) in [5, 5.41) is 6.20. The van der Waals surface area contributed by atoms with Crippen LogP contribution in [0.5, 0.6) is 0 Å². The van der Waals surface area contributed by atoms with Crippen LogP contribution in [0.3, 0.4) is 0 Å². The van der Waals surface area contributed by atoms with Crippen LogP contribution in [0.2, 0.25) is 0 Å². The molecule has 0 aliphatic heterocycles. The van der Waals surface area contributed by atoms with Crippen molar-refractivity contribution in [3.8, 4) is 11.3 Å². The molecule has 2 heterocycles. The average Bonchev–Trinajstić information content (AvgIpc) is 2.80. The van der Waals surface area contributed by atoms with Crippen LogP contribution < -0.4 is 15.5 Å². The van der Waals surface area contributed by atoms with E-state index in [-0.39, 0.29) is 5.91 Å². The molecule has 0 bridgehead atoms. The maximum absolute atomic E-state index is 12.8. The number of methoxy groups -OCH3 is 1. The molecule has 0 atom stereocenters. The Balaban J connectivity index is 1.78. The van der Waals surface area contributed by atoms with Gasteiger partial charge in [0.05, 0.1) is 17.9 Å². The molecule has 3 rings (SSSR count). The van der Waals surface area contributed by atoms with Gasteiger partial charge in [0, 0.05) is 63.9 Å². The van der Waals surface area contributed by atoms with Crippen molar-refractivity contribution in [3.63, 3.8) is 0 Å². The lowest BCUT2D eigenvalue weighted by molar-refractivity contribution is 0.0954. The zero-order valence-electron chi connectivity index (χ0n) is 18.3. The van der Waals surface area contributed by atoms with E-state index in [9.17, 15) is 4.79 Å². The summed E-state index contributed by atoms with van der Waals surface area (Å²) in [5.41, 5.74) is 4.32. The van der Waals surface area contributed by atoms with Gasteiger partial charge in [-0.15, -0.1) is 0 Å². The van der Waals surface area contributed by atoms with Gasteiger partial charge in [0.15, 0.2) is 0 Å². The molecule has 7 nitrogen and oxygen atoms in total. The number of nitrogens with one attached hydrogen (secondary N) is 2. The molecule has 0 aliphatic carbocycles. The maximum atomic E-state index is 12.8. The number of benzene rings is 1. The number of ether oxygens (including phenoxy) is 1. The number of hydrogen-bond acceptors (Lipinski definition) is 6. The van der Waals surface area contributed by atoms with Crippen molar-refractivity contribution in [2.24, 2.45) is 0 Å². The summed E-state index contributed by atoms with van der Waals surface area (Å²) in [6.07, 6.45) is 2.42. The van der Waals surface area contributed by atoms with E-state index in [0.717, 1.165) is 22.6 Å². The Labute approximate surface area is 183 Å². The van der Waals surface area contributed by atoms with Crippen LogP contribution in [0.15, 0.2) is 60.8 Å². The fourth-order valence-electron chi connectivity index (χ4n) is 3.10. The molecule has 1 amide bonds. The number of hydrogen-bond donors (Lipinski definition) is 2. The third kappa shape index (κ3) is 6.26. The van der Waals surface area contributed by atoms with E-state index >= 15 is 0 Å². The predicted molar refractivity (Wildman–Crippen MR) is 125 cm³/mol. The second kappa shape index (κ2) is 11.1. The summed E-state index contributed by atoms with van der Waals surface area (Å²) in [4.78, 5) is 23.9. The third-order valence-electron chi connectivity index (χ3n) is 4.79. The SMILES string of the molecule is COCCNc1nc(-c2cccc(N(C)C)c2)ccc1C(=O)NCCc1ccccn1. The highest BCUT2D eigenvalue weighted by Crippen LogP contribution is 2.25. The van der Waals surface area contributed by atoms with Gasteiger partial charge in [0.1, 0.15) is 5.82 Å². The number of amides is 1. The highest BCUT2D eigenvalue weighted by molar-refractivity contribution is 5.99. The van der Waals surface area contributed by atoms with Crippen molar-refractivity contribution < 1.29 is 9.53 Å². The molecule has 0 spiro atoms. The highest BCUT2D eigenvalue weighted by Gasteiger charge is 2.14. The smallest absolute Gasteiger partial charge is 0.255 e. The molecular weight excluding hydrogens is 390 g/mol. The molecule has 0 unspecified atom stereocenters. The number of aromatic nitrogens is 2. The Bertz CT molecular complexity index is 992. The van der Waals surface area contributed by atoms with Crippen molar-refractivity contribution in [1.29, 1.82) is 0 Å². The Morgan fingerprint density at radius 3 is 2.68 bits per heavy atom. The second-order valence-corrected chi connectivity index (χ2v) is 7.28. The number of nitrogens with zero attached hydrogens (tertiary/aromatic N) is 3. The van der Waals surface area contributed by atoms with Crippen LogP contribution >= 0.6 is 0 Å². The number of rotatable bonds is 10. The number of carbonyl (C=O) groups excluding carboxylic acids is 1. The lowest BCUT2D eigenvalue weighted by atomic mass is 10.1. The molecule has 0 radical (unpaired) electrons. The van der Waals surface area contributed by atoms with Crippen LogP contribution in [0.25, 0.3) is 11.3 Å². The average molecular weight is 420 g/mol. The fraction of sp³-hybridized carbons (Fsp3) is 0.292. The molecule has 0 saturated carbocycles. The predicted octanol–water partition coefficient (Wildman–Crippen LogP) is 3.24. The quantitative estimate of drug-likeness (QED) is 0.491. The summed E-state index contributed by atoms with van der Waals surface area (Å²) >= 11 is 0. The van der Waals surface area contributed by atoms with Crippen LogP contribution in [0, 0.1) is 0 Å². The van der Waals surface area contributed by atoms with Crippen molar-refractivity contribution >= 4 is 17.4 Å². The van der Waals surface area contributed by atoms with Crippen molar-refractivity contribution in [2.75, 3.05) is 51.1 Å². The first-order chi connectivity index (χ1) is 15.1. The second-order valence-electron chi connectivity index (χ2n) is 7.28. The molecule has 3 aromatic rings. The number of pyridine rings is 2. The molecule has 0 saturated heterocycles. The van der Waals surface area contributed by atoms with Gasteiger partial charge in [-0.1, -0.05) is 18.2 Å². The maximum Gasteiger partial charge on any atom is 0.255 e. The van der Waals surface area contributed by atoms with Crippen LogP contribution in [0.4, 0.5) is 11.5 Å². The first kappa shape index (κ1) is 22.2. The Hall–Kier alpha value is -3.45. The summed E-state index contributed by atoms with van der Waals surface area (Å²) in [7, 11) is 5.65. The first-order valence-electron chi connectivity index (χ1n) is 10.3. The summed E-state index contributed by atoms with van der Waals surface area (Å²) in [6, 6.07) is 17.6. The molecule has 162 valence electrons. The summed E-state index contributed by atoms with van der Waals surface area (Å²) < 4.78 is 5.13. The van der Waals surface area contributed by atoms with Gasteiger partial charge in [-0.25, -0.2) is 4.98 Å². The van der Waals surface area contributed by atoms with E-state index in [1.807, 2.05) is 67.5 Å². The van der Waals surface area contributed by atoms with Gasteiger partial charge < -0.3 is 20.3 Å². The molecule has 2 N–H and O–H groups in total. The minimum Gasteiger partial charge on any atom is -0.383 e. The molecule has 7 heteroatoms. The van der Waals surface area contributed by atoms with E-state index in [2.05, 4.69) is 21.7 Å². The van der Waals surface area contributed by atoms with Gasteiger partial charge in [0.2, 0.25) is 0 Å². The largest absolute Gasteiger partial charge is 0.383 e. The zero-order valence-corrected chi connectivity index (χ0v) is 18.3. The number of anilines is 2. The van der Waals surface area contributed by atoms with Crippen molar-refractivity contribution in [2.45, 2.75) is 6.42 Å². The van der Waals surface area contributed by atoms with Gasteiger partial charge in [-0.05, 0) is 36.4 Å². The molecule has 0 fully saturated rings. The van der Waals surface area contributed by atoms with Crippen LogP contribution in [-0.2, 0) is 11.2 Å². The zero-order chi connectivity index (χ0) is 22.1. The van der Waals surface area contributed by atoms with E-state index in [0.29, 0.717) is 37.5 Å². The monoisotopic (exact) mass is 419 g/mol.